The molecule has 4 aromatic rings. The molecule has 65 heavy (non-hydrogen) atoms. The number of Topliss-reactive ketones (excluding diaryl/α,β-unsaturated/α-hetero) is 2. The lowest BCUT2D eigenvalue weighted by Gasteiger charge is -2.42. The predicted molar refractivity (Wildman–Crippen MR) is 262 cm³/mol. The van der Waals surface area contributed by atoms with Gasteiger partial charge in [0.2, 0.25) is 23.7 Å². The highest BCUT2D eigenvalue weighted by Gasteiger charge is 2.33. The number of rotatable bonds is 14. The number of piperidine rings is 2. The van der Waals surface area contributed by atoms with Crippen LogP contribution in [0.1, 0.15) is 111 Å². The van der Waals surface area contributed by atoms with Gasteiger partial charge in [-0.2, -0.15) is 4.98 Å². The Balaban J connectivity index is 0.000000694. The smallest absolute Gasteiger partial charge is 0.229 e. The number of amides is 3. The maximum absolute atomic E-state index is 13.4. The number of ether oxygens (including phenoxy) is 1. The molecule has 3 aliphatic rings. The van der Waals surface area contributed by atoms with E-state index < -0.39 is 0 Å². The van der Waals surface area contributed by atoms with E-state index in [1.54, 1.807) is 19.4 Å². The van der Waals surface area contributed by atoms with Gasteiger partial charge in [-0.15, -0.1) is 0 Å². The van der Waals surface area contributed by atoms with Crippen molar-refractivity contribution in [2.75, 3.05) is 48.8 Å². The van der Waals surface area contributed by atoms with Crippen LogP contribution < -0.4 is 25.6 Å². The van der Waals surface area contributed by atoms with Gasteiger partial charge in [0.25, 0.3) is 0 Å². The van der Waals surface area contributed by atoms with Crippen molar-refractivity contribution in [3.8, 4) is 5.75 Å². The van der Waals surface area contributed by atoms with E-state index in [0.29, 0.717) is 77.2 Å². The quantitative estimate of drug-likeness (QED) is 0.0813. The highest BCUT2D eigenvalue weighted by molar-refractivity contribution is 8.29. The molecule has 1 aromatic heterocycles. The molecule has 0 radical (unpaired) electrons. The van der Waals surface area contributed by atoms with Crippen molar-refractivity contribution in [2.45, 2.75) is 96.6 Å². The first kappa shape index (κ1) is 49.2. The van der Waals surface area contributed by atoms with Crippen LogP contribution >= 0.6 is 11.6 Å². The molecule has 7 rings (SSSR count). The molecule has 0 aliphatic carbocycles. The summed E-state index contributed by atoms with van der Waals surface area (Å²) in [6, 6.07) is 17.6. The maximum atomic E-state index is 13.4. The average molecular weight is 943 g/mol. The molecular weight excluding hydrogens is 882 g/mol. The third-order valence-corrected chi connectivity index (χ3v) is 15.7. The molecule has 3 fully saturated rings. The minimum atomic E-state index is -0.377. The Labute approximate surface area is 394 Å². The summed E-state index contributed by atoms with van der Waals surface area (Å²) in [7, 11) is 1.28. The largest absolute Gasteiger partial charge is 0.495 e. The number of ketones is 2. The van der Waals surface area contributed by atoms with E-state index in [2.05, 4.69) is 58.7 Å². The first-order valence-corrected chi connectivity index (χ1v) is 24.8. The summed E-state index contributed by atoms with van der Waals surface area (Å²) < 4.78 is 5.85. The maximum Gasteiger partial charge on any atom is 0.229 e. The number of hydrogen-bond donors (Lipinski definition) is 3. The Morgan fingerprint density at radius 3 is 2.31 bits per heavy atom. The van der Waals surface area contributed by atoms with Crippen molar-refractivity contribution in [3.63, 3.8) is 0 Å². The highest BCUT2D eigenvalue weighted by atomic mass is 35.5. The molecule has 3 amide bonds. The minimum absolute atomic E-state index is 0.0164. The zero-order chi connectivity index (χ0) is 47.1. The van der Waals surface area contributed by atoms with Crippen molar-refractivity contribution < 1.29 is 28.7 Å². The molecule has 2 atom stereocenters. The normalized spacial score (nSPS) is 17.2. The van der Waals surface area contributed by atoms with Crippen LogP contribution in [-0.4, -0.2) is 82.7 Å². The molecule has 3 N–H and O–H groups in total. The summed E-state index contributed by atoms with van der Waals surface area (Å²) in [6.07, 6.45) is 5.00. The molecule has 3 aromatic carbocycles. The van der Waals surface area contributed by atoms with Crippen molar-refractivity contribution in [3.05, 3.63) is 88.1 Å². The number of carbonyl (C=O) groups excluding carboxylic acids is 5. The predicted octanol–water partition coefficient (Wildman–Crippen LogP) is 9.11. The molecule has 13 nitrogen and oxygen atoms in total. The molecule has 0 saturated carbocycles. The summed E-state index contributed by atoms with van der Waals surface area (Å²) in [4.78, 5) is 73.9. The second kappa shape index (κ2) is 21.8. The lowest BCUT2D eigenvalue weighted by atomic mass is 9.86. The topological polar surface area (TPSA) is 163 Å². The Kier molecular flexibility index (Phi) is 16.5. The Morgan fingerprint density at radius 2 is 1.68 bits per heavy atom. The summed E-state index contributed by atoms with van der Waals surface area (Å²) in [5, 5.41) is 9.68. The summed E-state index contributed by atoms with van der Waals surface area (Å²) >= 11 is 12.4. The standard InChI is InChI=1S/C43H51ClN6O4S2.C6H9NO2/c1-25(2)41(53)32-13-12-31(20-34(32)28(6)51)50-23-29(24-50)19-40(52)49-16-14-30(15-17-49)33-21-38(54-7)37(18-27(33)5)47-43-45-22-35(44)42(48-43)46-36-10-8-9-11-39(36)56(55)26(3)4;1-4-2-3-5(8)7-6(4)9/h8-13,18,20-22,25-26,29-30H,14-17,19,23-24H2,1-7H3,(H2,45,46,47,48);4H,2-3H2,1H3,(H,7,8,9). The number of para-hydroxylation sites is 1. The number of methoxy groups -OCH3 is 1. The molecule has 3 aliphatic heterocycles. The van der Waals surface area contributed by atoms with Crippen LogP contribution in [0.4, 0.5) is 28.8 Å². The number of likely N-dealkylation sites (tertiary alicyclic amines) is 1. The number of nitrogens with one attached hydrogen (secondary N) is 3. The van der Waals surface area contributed by atoms with Gasteiger partial charge < -0.3 is 25.2 Å². The van der Waals surface area contributed by atoms with Gasteiger partial charge in [-0.1, -0.05) is 67.8 Å². The fourth-order valence-electron chi connectivity index (χ4n) is 8.25. The molecular formula is C49H60ClN7O6S2. The second-order valence-electron chi connectivity index (χ2n) is 17.7. The number of carbonyl (C=O) groups is 5. The SMILES string of the molecule is CC1CCC(=O)NC1=O.COc1cc(C2CCN(C(=O)CC3CN(c4ccc(C(=O)C(C)C)c(C(C)=O)c4)C3)CC2)c(C)cc1Nc1ncc(Cl)c(Nc2ccccc2S(=S)C(C)C)n1. The van der Waals surface area contributed by atoms with E-state index >= 15 is 0 Å². The first-order chi connectivity index (χ1) is 30.9. The number of nitrogens with zero attached hydrogens (tertiary/aromatic N) is 4. The number of halogens is 1. The molecule has 3 saturated heterocycles. The minimum Gasteiger partial charge on any atom is -0.495 e. The Hall–Kier alpha value is -5.25. The van der Waals surface area contributed by atoms with E-state index in [-0.39, 0.29) is 56.5 Å². The number of aromatic nitrogens is 2. The number of anilines is 5. The monoisotopic (exact) mass is 941 g/mol. The van der Waals surface area contributed by atoms with Gasteiger partial charge in [0.1, 0.15) is 10.8 Å². The van der Waals surface area contributed by atoms with E-state index in [9.17, 15) is 24.0 Å². The number of aryl methyl sites for hydroxylation is 1. The van der Waals surface area contributed by atoms with Crippen molar-refractivity contribution in [1.82, 2.24) is 20.2 Å². The van der Waals surface area contributed by atoms with E-state index in [1.807, 2.05) is 62.1 Å². The Bertz CT molecular complexity index is 2470. The van der Waals surface area contributed by atoms with E-state index in [4.69, 9.17) is 32.5 Å². The zero-order valence-corrected chi connectivity index (χ0v) is 40.8. The van der Waals surface area contributed by atoms with Crippen LogP contribution in [0.15, 0.2) is 65.7 Å². The third kappa shape index (κ3) is 12.2. The van der Waals surface area contributed by atoms with E-state index in [0.717, 1.165) is 53.5 Å². The molecule has 16 heteroatoms. The van der Waals surface area contributed by atoms with Crippen molar-refractivity contribution in [2.24, 2.45) is 17.8 Å². The van der Waals surface area contributed by atoms with Gasteiger partial charge in [-0.05, 0) is 104 Å². The molecule has 0 bridgehead atoms. The van der Waals surface area contributed by atoms with Gasteiger partial charge in [0.05, 0.1) is 24.7 Å². The highest BCUT2D eigenvalue weighted by Crippen LogP contribution is 2.39. The van der Waals surface area contributed by atoms with Crippen LogP contribution in [-0.2, 0) is 35.0 Å². The molecule has 346 valence electrons. The van der Waals surface area contributed by atoms with Crippen LogP contribution in [0, 0.1) is 24.7 Å². The van der Waals surface area contributed by atoms with Gasteiger partial charge >= 0.3 is 0 Å². The molecule has 4 heterocycles. The summed E-state index contributed by atoms with van der Waals surface area (Å²) in [5.41, 5.74) is 5.81. The second-order valence-corrected chi connectivity index (χ2v) is 21.1. The van der Waals surface area contributed by atoms with Gasteiger partial charge in [0.15, 0.2) is 17.4 Å². The number of imide groups is 1. The zero-order valence-electron chi connectivity index (χ0n) is 38.5. The van der Waals surface area contributed by atoms with Crippen molar-refractivity contribution >= 4 is 90.4 Å². The van der Waals surface area contributed by atoms with Gasteiger partial charge in [-0.25, -0.2) is 4.98 Å². The van der Waals surface area contributed by atoms with Gasteiger partial charge in [-0.3, -0.25) is 29.3 Å². The van der Waals surface area contributed by atoms with Crippen LogP contribution in [0.2, 0.25) is 5.02 Å². The fourth-order valence-corrected chi connectivity index (χ4v) is 9.88. The van der Waals surface area contributed by atoms with Crippen LogP contribution in [0.3, 0.4) is 0 Å². The van der Waals surface area contributed by atoms with Gasteiger partial charge in [0, 0.05) is 83.7 Å². The van der Waals surface area contributed by atoms with Crippen molar-refractivity contribution in [1.29, 1.82) is 0 Å². The van der Waals surface area contributed by atoms with Crippen LogP contribution in [0.25, 0.3) is 0 Å². The summed E-state index contributed by atoms with van der Waals surface area (Å²) in [5.74, 6) is 1.68. The summed E-state index contributed by atoms with van der Waals surface area (Å²) in [6.45, 7) is 16.3. The Morgan fingerprint density at radius 1 is 0.969 bits per heavy atom. The lowest BCUT2D eigenvalue weighted by Crippen LogP contribution is -2.49. The third-order valence-electron chi connectivity index (χ3n) is 12.1. The molecule has 2 unspecified atom stereocenters. The first-order valence-electron chi connectivity index (χ1n) is 22.2. The number of hydrogen-bond acceptors (Lipinski definition) is 12. The van der Waals surface area contributed by atoms with Crippen LogP contribution in [0.5, 0.6) is 5.75 Å². The average Bonchev–Trinajstić information content (AvgIpc) is 3.27. The lowest BCUT2D eigenvalue weighted by molar-refractivity contribution is -0.136. The van der Waals surface area contributed by atoms with E-state index in [1.165, 1.54) is 12.5 Å². The number of benzene rings is 3. The fraction of sp³-hybridized carbons (Fsp3) is 0.449. The molecule has 0 spiro atoms.